The van der Waals surface area contributed by atoms with Crippen molar-refractivity contribution in [2.75, 3.05) is 31.5 Å². The van der Waals surface area contributed by atoms with Gasteiger partial charge in [0.2, 0.25) is 0 Å². The highest BCUT2D eigenvalue weighted by Gasteiger charge is 2.22. The summed E-state index contributed by atoms with van der Waals surface area (Å²) in [5, 5.41) is 2.99. The fraction of sp³-hybridized carbons (Fsp3) is 0.350. The van der Waals surface area contributed by atoms with Crippen molar-refractivity contribution in [1.82, 2.24) is 9.80 Å². The molecule has 0 aliphatic carbocycles. The lowest BCUT2D eigenvalue weighted by Gasteiger charge is -2.34. The first-order valence-corrected chi connectivity index (χ1v) is 8.62. The molecule has 1 N–H and O–H groups in total. The van der Waals surface area contributed by atoms with E-state index in [-0.39, 0.29) is 11.8 Å². The van der Waals surface area contributed by atoms with Gasteiger partial charge >= 0.3 is 6.03 Å². The molecule has 0 atom stereocenters. The topological polar surface area (TPSA) is 35.6 Å². The van der Waals surface area contributed by atoms with Crippen LogP contribution in [0.4, 0.5) is 14.9 Å². The fourth-order valence-corrected chi connectivity index (χ4v) is 3.12. The Kier molecular flexibility index (Phi) is 5.34. The van der Waals surface area contributed by atoms with E-state index in [1.165, 1.54) is 11.6 Å². The van der Waals surface area contributed by atoms with Crippen molar-refractivity contribution >= 4 is 11.7 Å². The maximum Gasteiger partial charge on any atom is 0.321 e. The van der Waals surface area contributed by atoms with E-state index in [2.05, 4.69) is 16.3 Å². The monoisotopic (exact) mass is 341 g/mol. The van der Waals surface area contributed by atoms with E-state index < -0.39 is 0 Å². The van der Waals surface area contributed by atoms with Crippen LogP contribution in [0, 0.1) is 19.7 Å². The number of nitrogens with one attached hydrogen (secondary N) is 1. The molecule has 0 saturated carbocycles. The molecule has 3 rings (SSSR count). The number of carbonyl (C=O) groups is 1. The van der Waals surface area contributed by atoms with Gasteiger partial charge in [-0.25, -0.2) is 9.18 Å². The van der Waals surface area contributed by atoms with E-state index in [9.17, 15) is 9.18 Å². The van der Waals surface area contributed by atoms with E-state index in [0.29, 0.717) is 25.2 Å². The maximum atomic E-state index is 13.8. The van der Waals surface area contributed by atoms with Crippen molar-refractivity contribution in [3.8, 4) is 0 Å². The number of rotatable bonds is 3. The number of anilines is 1. The van der Waals surface area contributed by atoms with E-state index in [1.807, 2.05) is 43.0 Å². The van der Waals surface area contributed by atoms with Crippen LogP contribution in [-0.4, -0.2) is 42.0 Å². The third-order valence-corrected chi connectivity index (χ3v) is 4.63. The quantitative estimate of drug-likeness (QED) is 0.922. The van der Waals surface area contributed by atoms with Crippen LogP contribution in [0.3, 0.4) is 0 Å². The third kappa shape index (κ3) is 4.37. The molecule has 4 nitrogen and oxygen atoms in total. The van der Waals surface area contributed by atoms with Crippen LogP contribution in [0.5, 0.6) is 0 Å². The summed E-state index contributed by atoms with van der Waals surface area (Å²) in [4.78, 5) is 16.5. The Hall–Kier alpha value is -2.40. The fourth-order valence-electron chi connectivity index (χ4n) is 3.12. The number of aryl methyl sites for hydroxylation is 2. The second-order valence-corrected chi connectivity index (χ2v) is 6.60. The number of amides is 2. The largest absolute Gasteiger partial charge is 0.322 e. The highest BCUT2D eigenvalue weighted by atomic mass is 19.1. The van der Waals surface area contributed by atoms with Gasteiger partial charge in [-0.05, 0) is 31.5 Å². The van der Waals surface area contributed by atoms with Crippen LogP contribution >= 0.6 is 0 Å². The van der Waals surface area contributed by atoms with Crippen molar-refractivity contribution in [2.45, 2.75) is 20.4 Å². The lowest BCUT2D eigenvalue weighted by atomic mass is 10.1. The van der Waals surface area contributed by atoms with Gasteiger partial charge in [0.25, 0.3) is 0 Å². The zero-order valence-electron chi connectivity index (χ0n) is 14.8. The van der Waals surface area contributed by atoms with Crippen LogP contribution in [0.2, 0.25) is 0 Å². The summed E-state index contributed by atoms with van der Waals surface area (Å²) in [6.07, 6.45) is 0. The molecule has 0 radical (unpaired) electrons. The van der Waals surface area contributed by atoms with E-state index in [1.54, 1.807) is 6.07 Å². The minimum absolute atomic E-state index is 0.0718. The molecule has 0 aromatic heterocycles. The number of piperazine rings is 1. The van der Waals surface area contributed by atoms with Gasteiger partial charge in [0.15, 0.2) is 0 Å². The van der Waals surface area contributed by atoms with Gasteiger partial charge < -0.3 is 10.2 Å². The summed E-state index contributed by atoms with van der Waals surface area (Å²) in [7, 11) is 0. The summed E-state index contributed by atoms with van der Waals surface area (Å²) in [6.45, 7) is 7.39. The summed E-state index contributed by atoms with van der Waals surface area (Å²) < 4.78 is 13.8. The molecular weight excluding hydrogens is 317 g/mol. The number of carbonyl (C=O) groups excluding carboxylic acids is 1. The second-order valence-electron chi connectivity index (χ2n) is 6.60. The predicted octanol–water partition coefficient (Wildman–Crippen LogP) is 3.79. The van der Waals surface area contributed by atoms with Crippen LogP contribution in [-0.2, 0) is 6.54 Å². The maximum absolute atomic E-state index is 13.8. The van der Waals surface area contributed by atoms with Crippen molar-refractivity contribution in [1.29, 1.82) is 0 Å². The summed E-state index contributed by atoms with van der Waals surface area (Å²) in [5.41, 5.74) is 3.80. The molecule has 1 saturated heterocycles. The van der Waals surface area contributed by atoms with Crippen LogP contribution in [0.1, 0.15) is 16.7 Å². The van der Waals surface area contributed by atoms with Crippen molar-refractivity contribution in [3.05, 3.63) is 65.0 Å². The smallest absolute Gasteiger partial charge is 0.321 e. The average Bonchev–Trinajstić information content (AvgIpc) is 2.60. The second kappa shape index (κ2) is 7.66. The normalized spacial score (nSPS) is 15.2. The Morgan fingerprint density at radius 1 is 1.08 bits per heavy atom. The van der Waals surface area contributed by atoms with Gasteiger partial charge in [0.05, 0.1) is 0 Å². The molecule has 0 spiro atoms. The Morgan fingerprint density at radius 2 is 1.80 bits per heavy atom. The molecule has 1 aliphatic rings. The molecule has 2 amide bonds. The predicted molar refractivity (Wildman–Crippen MR) is 98.2 cm³/mol. The summed E-state index contributed by atoms with van der Waals surface area (Å²) >= 11 is 0. The van der Waals surface area contributed by atoms with E-state index in [4.69, 9.17) is 0 Å². The SMILES string of the molecule is Cc1ccc(NC(=O)N2CCN(Cc3ccccc3F)CC2)c(C)c1. The first-order valence-electron chi connectivity index (χ1n) is 8.62. The van der Waals surface area contributed by atoms with Gasteiger partial charge in [0, 0.05) is 44.0 Å². The lowest BCUT2D eigenvalue weighted by Crippen LogP contribution is -2.49. The molecule has 132 valence electrons. The molecule has 0 bridgehead atoms. The van der Waals surface area contributed by atoms with Crippen LogP contribution in [0.25, 0.3) is 0 Å². The zero-order valence-corrected chi connectivity index (χ0v) is 14.8. The van der Waals surface area contributed by atoms with Crippen molar-refractivity contribution in [3.63, 3.8) is 0 Å². The molecule has 1 fully saturated rings. The molecule has 1 heterocycles. The van der Waals surface area contributed by atoms with Crippen LogP contribution < -0.4 is 5.32 Å². The van der Waals surface area contributed by atoms with Gasteiger partial charge in [-0.1, -0.05) is 35.9 Å². The van der Waals surface area contributed by atoms with Gasteiger partial charge in [-0.2, -0.15) is 0 Å². The molecule has 25 heavy (non-hydrogen) atoms. The summed E-state index contributed by atoms with van der Waals surface area (Å²) in [6, 6.07) is 12.8. The Labute approximate surface area is 148 Å². The molecular formula is C20H24FN3O. The van der Waals surface area contributed by atoms with Crippen LogP contribution in [0.15, 0.2) is 42.5 Å². The van der Waals surface area contributed by atoms with Gasteiger partial charge in [-0.3, -0.25) is 4.90 Å². The molecule has 2 aromatic carbocycles. The number of hydrogen-bond donors (Lipinski definition) is 1. The number of urea groups is 1. The third-order valence-electron chi connectivity index (χ3n) is 4.63. The standard InChI is InChI=1S/C20H24FN3O/c1-15-7-8-19(16(2)13-15)22-20(25)24-11-9-23(10-12-24)14-17-5-3-4-6-18(17)21/h3-8,13H,9-12,14H2,1-2H3,(H,22,25). The van der Waals surface area contributed by atoms with Gasteiger partial charge in [-0.15, -0.1) is 0 Å². The number of nitrogens with zero attached hydrogens (tertiary/aromatic N) is 2. The van der Waals surface area contributed by atoms with Crippen molar-refractivity contribution < 1.29 is 9.18 Å². The first-order chi connectivity index (χ1) is 12.0. The zero-order chi connectivity index (χ0) is 17.8. The van der Waals surface area contributed by atoms with Crippen molar-refractivity contribution in [2.24, 2.45) is 0 Å². The highest BCUT2D eigenvalue weighted by Crippen LogP contribution is 2.17. The Morgan fingerprint density at radius 3 is 2.48 bits per heavy atom. The number of halogens is 1. The average molecular weight is 341 g/mol. The van der Waals surface area contributed by atoms with Gasteiger partial charge in [0.1, 0.15) is 5.82 Å². The minimum atomic E-state index is -0.169. The first kappa shape index (κ1) is 17.4. The van der Waals surface area contributed by atoms with E-state index in [0.717, 1.165) is 24.3 Å². The summed E-state index contributed by atoms with van der Waals surface area (Å²) in [5.74, 6) is -0.169. The number of hydrogen-bond acceptors (Lipinski definition) is 2. The minimum Gasteiger partial charge on any atom is -0.322 e. The Balaban J connectivity index is 1.53. The molecule has 1 aliphatic heterocycles. The number of benzene rings is 2. The Bertz CT molecular complexity index is 754. The molecule has 0 unspecified atom stereocenters. The lowest BCUT2D eigenvalue weighted by molar-refractivity contribution is 0.142. The van der Waals surface area contributed by atoms with E-state index >= 15 is 0 Å². The molecule has 2 aromatic rings. The highest BCUT2D eigenvalue weighted by molar-refractivity contribution is 5.90. The molecule has 5 heteroatoms.